The monoisotopic (exact) mass is 590 g/mol. The van der Waals surface area contributed by atoms with Crippen molar-refractivity contribution in [1.29, 1.82) is 0 Å². The molecule has 4 aromatic rings. The summed E-state index contributed by atoms with van der Waals surface area (Å²) >= 11 is 0. The first kappa shape index (κ1) is 30.6. The number of ether oxygens (including phenoxy) is 2. The van der Waals surface area contributed by atoms with Crippen molar-refractivity contribution < 1.29 is 24.2 Å². The van der Waals surface area contributed by atoms with Gasteiger partial charge < -0.3 is 24.4 Å². The smallest absolute Gasteiger partial charge is 0.295 e. The molecule has 0 aliphatic carbocycles. The van der Waals surface area contributed by atoms with Crippen LogP contribution in [-0.2, 0) is 16.2 Å². The maximum absolute atomic E-state index is 13.6. The first-order valence-electron chi connectivity index (χ1n) is 15.0. The molecule has 226 valence electrons. The van der Waals surface area contributed by atoms with Crippen LogP contribution in [0.4, 0.5) is 0 Å². The van der Waals surface area contributed by atoms with Gasteiger partial charge in [-0.25, -0.2) is 0 Å². The molecule has 44 heavy (non-hydrogen) atoms. The van der Waals surface area contributed by atoms with E-state index in [1.807, 2.05) is 91.9 Å². The Morgan fingerprint density at radius 1 is 0.841 bits per heavy atom. The maximum atomic E-state index is 13.6. The highest BCUT2D eigenvalue weighted by molar-refractivity contribution is 6.46. The molecule has 0 aromatic heterocycles. The molecule has 1 saturated heterocycles. The van der Waals surface area contributed by atoms with Crippen molar-refractivity contribution in [3.8, 4) is 17.2 Å². The summed E-state index contributed by atoms with van der Waals surface area (Å²) in [5, 5.41) is 11.7. The minimum atomic E-state index is -0.779. The van der Waals surface area contributed by atoms with Gasteiger partial charge in [-0.2, -0.15) is 0 Å². The summed E-state index contributed by atoms with van der Waals surface area (Å²) in [5.41, 5.74) is 3.03. The van der Waals surface area contributed by atoms with Gasteiger partial charge >= 0.3 is 0 Å². The Bertz CT molecular complexity index is 1630. The van der Waals surface area contributed by atoms with Crippen molar-refractivity contribution in [2.45, 2.75) is 33.4 Å². The summed E-state index contributed by atoms with van der Waals surface area (Å²) in [6.07, 6.45) is 0. The van der Waals surface area contributed by atoms with E-state index in [0.29, 0.717) is 48.1 Å². The van der Waals surface area contributed by atoms with Gasteiger partial charge in [0, 0.05) is 18.7 Å². The molecule has 1 fully saturated rings. The Hall–Kier alpha value is -4.88. The lowest BCUT2D eigenvalue weighted by Gasteiger charge is -2.28. The average molecular weight is 591 g/mol. The molecule has 1 amide bonds. The summed E-state index contributed by atoms with van der Waals surface area (Å²) in [6, 6.07) is 31.1. The van der Waals surface area contributed by atoms with E-state index >= 15 is 0 Å². The highest BCUT2D eigenvalue weighted by Crippen LogP contribution is 2.41. The van der Waals surface area contributed by atoms with Crippen LogP contribution in [0.15, 0.2) is 109 Å². The van der Waals surface area contributed by atoms with Gasteiger partial charge in [0.15, 0.2) is 0 Å². The first-order chi connectivity index (χ1) is 21.4. The van der Waals surface area contributed by atoms with E-state index in [0.717, 1.165) is 24.2 Å². The number of ketones is 1. The second kappa shape index (κ2) is 14.1. The number of benzene rings is 4. The van der Waals surface area contributed by atoms with Crippen molar-refractivity contribution in [1.82, 2.24) is 9.80 Å². The van der Waals surface area contributed by atoms with Crippen LogP contribution in [0.5, 0.6) is 17.2 Å². The molecule has 1 N–H and O–H groups in total. The molecule has 1 aliphatic heterocycles. The predicted octanol–water partition coefficient (Wildman–Crippen LogP) is 7.13. The fraction of sp³-hybridized carbons (Fsp3) is 0.243. The number of carbonyl (C=O) groups is 2. The molecular formula is C37H38N2O5. The SMILES string of the molecule is CCN(CC)CCN1C(=O)C(=O)C(=C(O)c2ccc(OCc3ccccc3)c(C)c2)[C@@H]1c1cccc(Oc2ccccc2)c1. The van der Waals surface area contributed by atoms with Gasteiger partial charge in [0.2, 0.25) is 0 Å². The van der Waals surface area contributed by atoms with Gasteiger partial charge in [0.25, 0.3) is 11.7 Å². The van der Waals surface area contributed by atoms with Gasteiger partial charge in [-0.3, -0.25) is 9.59 Å². The van der Waals surface area contributed by atoms with E-state index in [1.54, 1.807) is 23.1 Å². The summed E-state index contributed by atoms with van der Waals surface area (Å²) < 4.78 is 12.1. The molecule has 0 unspecified atom stereocenters. The van der Waals surface area contributed by atoms with E-state index in [4.69, 9.17) is 9.47 Å². The zero-order valence-electron chi connectivity index (χ0n) is 25.4. The van der Waals surface area contributed by atoms with E-state index in [1.165, 1.54) is 0 Å². The topological polar surface area (TPSA) is 79.3 Å². The fourth-order valence-corrected chi connectivity index (χ4v) is 5.47. The molecule has 0 bridgehead atoms. The number of hydrogen-bond acceptors (Lipinski definition) is 6. The van der Waals surface area contributed by atoms with Gasteiger partial charge in [0.1, 0.15) is 29.6 Å². The standard InChI is InChI=1S/C37H38N2O5/c1-4-38(5-2)21-22-39-34(28-15-12-18-31(24-28)44-30-16-10-7-11-17-30)33(36(41)37(39)42)35(40)29-19-20-32(26(3)23-29)43-25-27-13-8-6-9-14-27/h6-20,23-24,34,40H,4-5,21-22,25H2,1-3H3/t34-/m0/s1. The van der Waals surface area contributed by atoms with Gasteiger partial charge in [-0.05, 0) is 79.2 Å². The van der Waals surface area contributed by atoms with E-state index < -0.39 is 17.7 Å². The molecule has 1 aliphatic rings. The summed E-state index contributed by atoms with van der Waals surface area (Å²) in [5.74, 6) is 0.364. The van der Waals surface area contributed by atoms with Crippen LogP contribution >= 0.6 is 0 Å². The Morgan fingerprint density at radius 2 is 1.52 bits per heavy atom. The Labute approximate surface area is 259 Å². The largest absolute Gasteiger partial charge is 0.507 e. The number of amides is 1. The molecule has 7 heteroatoms. The van der Waals surface area contributed by atoms with Crippen LogP contribution in [0, 0.1) is 6.92 Å². The van der Waals surface area contributed by atoms with Crippen LogP contribution in [-0.4, -0.2) is 52.8 Å². The second-order valence-corrected chi connectivity index (χ2v) is 10.8. The number of para-hydroxylation sites is 1. The van der Waals surface area contributed by atoms with E-state index in [9.17, 15) is 14.7 Å². The Balaban J connectivity index is 1.50. The van der Waals surface area contributed by atoms with Crippen molar-refractivity contribution in [3.05, 3.63) is 131 Å². The van der Waals surface area contributed by atoms with Crippen LogP contribution in [0.25, 0.3) is 5.76 Å². The van der Waals surface area contributed by atoms with Gasteiger partial charge in [-0.1, -0.05) is 74.5 Å². The number of likely N-dealkylation sites (N-methyl/N-ethyl adjacent to an activating group) is 1. The number of aliphatic hydroxyl groups is 1. The highest BCUT2D eigenvalue weighted by Gasteiger charge is 2.46. The molecule has 1 atom stereocenters. The predicted molar refractivity (Wildman–Crippen MR) is 172 cm³/mol. The lowest BCUT2D eigenvalue weighted by atomic mass is 9.94. The third kappa shape index (κ3) is 6.84. The molecule has 0 spiro atoms. The van der Waals surface area contributed by atoms with Crippen molar-refractivity contribution in [2.24, 2.45) is 0 Å². The van der Waals surface area contributed by atoms with Crippen molar-refractivity contribution in [2.75, 3.05) is 26.2 Å². The third-order valence-electron chi connectivity index (χ3n) is 7.93. The molecule has 7 nitrogen and oxygen atoms in total. The summed E-state index contributed by atoms with van der Waals surface area (Å²) in [6.45, 7) is 9.01. The van der Waals surface area contributed by atoms with Crippen molar-refractivity contribution >= 4 is 17.4 Å². The molecule has 1 heterocycles. The number of nitrogens with zero attached hydrogens (tertiary/aromatic N) is 2. The summed E-state index contributed by atoms with van der Waals surface area (Å²) in [7, 11) is 0. The van der Waals surface area contributed by atoms with E-state index in [-0.39, 0.29) is 11.3 Å². The normalized spacial score (nSPS) is 16.0. The minimum absolute atomic E-state index is 0.0590. The van der Waals surface area contributed by atoms with Crippen molar-refractivity contribution in [3.63, 3.8) is 0 Å². The maximum Gasteiger partial charge on any atom is 0.295 e. The molecule has 5 rings (SSSR count). The van der Waals surface area contributed by atoms with Crippen LogP contribution in [0.1, 0.15) is 42.1 Å². The highest BCUT2D eigenvalue weighted by atomic mass is 16.5. The third-order valence-corrected chi connectivity index (χ3v) is 7.93. The van der Waals surface area contributed by atoms with Crippen LogP contribution in [0.2, 0.25) is 0 Å². The lowest BCUT2D eigenvalue weighted by Crippen LogP contribution is -2.38. The lowest BCUT2D eigenvalue weighted by molar-refractivity contribution is -0.140. The molecule has 0 saturated carbocycles. The summed E-state index contributed by atoms with van der Waals surface area (Å²) in [4.78, 5) is 30.9. The van der Waals surface area contributed by atoms with Gasteiger partial charge in [0.05, 0.1) is 11.6 Å². The number of carbonyl (C=O) groups excluding carboxylic acids is 2. The quantitative estimate of drug-likeness (QED) is 0.107. The number of likely N-dealkylation sites (tertiary alicyclic amines) is 1. The first-order valence-corrected chi connectivity index (χ1v) is 15.0. The minimum Gasteiger partial charge on any atom is -0.507 e. The Kier molecular flexibility index (Phi) is 9.77. The number of Topliss-reactive ketones (excluding diaryl/α,β-unsaturated/α-hetero) is 1. The number of aliphatic hydroxyl groups excluding tert-OH is 1. The number of aryl methyl sites for hydroxylation is 1. The van der Waals surface area contributed by atoms with E-state index in [2.05, 4.69) is 18.7 Å². The number of rotatable bonds is 12. The van der Waals surface area contributed by atoms with Crippen LogP contribution in [0.3, 0.4) is 0 Å². The zero-order chi connectivity index (χ0) is 31.1. The Morgan fingerprint density at radius 3 is 2.20 bits per heavy atom. The fourth-order valence-electron chi connectivity index (χ4n) is 5.47. The average Bonchev–Trinajstić information content (AvgIpc) is 3.30. The second-order valence-electron chi connectivity index (χ2n) is 10.8. The van der Waals surface area contributed by atoms with Crippen LogP contribution < -0.4 is 9.47 Å². The molecule has 4 aromatic carbocycles. The number of hydrogen-bond donors (Lipinski definition) is 1. The molecule has 0 radical (unpaired) electrons. The van der Waals surface area contributed by atoms with Gasteiger partial charge in [-0.15, -0.1) is 0 Å². The molecular weight excluding hydrogens is 552 g/mol. The zero-order valence-corrected chi connectivity index (χ0v) is 25.4.